The van der Waals surface area contributed by atoms with Crippen LogP contribution < -0.4 is 4.74 Å². The lowest BCUT2D eigenvalue weighted by Gasteiger charge is -2.10. The van der Waals surface area contributed by atoms with Gasteiger partial charge in [0.25, 0.3) is 0 Å². The van der Waals surface area contributed by atoms with Crippen molar-refractivity contribution in [2.75, 3.05) is 0 Å². The molecule has 1 unspecified atom stereocenters. The van der Waals surface area contributed by atoms with E-state index in [9.17, 15) is 18.3 Å². The van der Waals surface area contributed by atoms with Gasteiger partial charge in [0.1, 0.15) is 5.75 Å². The highest BCUT2D eigenvalue weighted by Crippen LogP contribution is 2.34. The van der Waals surface area contributed by atoms with Crippen LogP contribution in [-0.2, 0) is 6.42 Å². The van der Waals surface area contributed by atoms with Crippen LogP contribution in [0, 0.1) is 5.92 Å². The number of aliphatic hydroxyl groups excluding tert-OH is 1. The molecule has 0 spiro atoms. The largest absolute Gasteiger partial charge is 0.573 e. The molecule has 1 saturated carbocycles. The first kappa shape index (κ1) is 14.2. The fourth-order valence-electron chi connectivity index (χ4n) is 2.09. The van der Waals surface area contributed by atoms with Gasteiger partial charge in [0.05, 0.1) is 6.10 Å². The normalized spacial score (nSPS) is 17.3. The maximum atomic E-state index is 12.0. The minimum absolute atomic E-state index is 0.200. The highest BCUT2D eigenvalue weighted by molar-refractivity contribution is 5.27. The fraction of sp³-hybridized carbons (Fsp3) is 0.571. The molecule has 5 heteroatoms. The summed E-state index contributed by atoms with van der Waals surface area (Å²) in [7, 11) is 0. The number of rotatable bonds is 6. The highest BCUT2D eigenvalue weighted by atomic mass is 19.4. The van der Waals surface area contributed by atoms with Crippen molar-refractivity contribution in [3.8, 4) is 5.75 Å². The molecule has 106 valence electrons. The van der Waals surface area contributed by atoms with E-state index in [2.05, 4.69) is 4.74 Å². The molecular formula is C14H17F3O2. The van der Waals surface area contributed by atoms with Crippen LogP contribution in [0.5, 0.6) is 5.75 Å². The summed E-state index contributed by atoms with van der Waals surface area (Å²) < 4.78 is 39.7. The number of ether oxygens (including phenoxy) is 1. The average Bonchev–Trinajstić information content (AvgIpc) is 3.13. The molecular weight excluding hydrogens is 257 g/mol. The van der Waals surface area contributed by atoms with Crippen LogP contribution in [0.15, 0.2) is 24.3 Å². The number of halogens is 3. The van der Waals surface area contributed by atoms with Crippen LogP contribution in [0.3, 0.4) is 0 Å². The van der Waals surface area contributed by atoms with E-state index < -0.39 is 6.36 Å². The molecule has 1 aliphatic rings. The van der Waals surface area contributed by atoms with Crippen molar-refractivity contribution >= 4 is 0 Å². The van der Waals surface area contributed by atoms with Gasteiger partial charge in [0.15, 0.2) is 0 Å². The molecule has 19 heavy (non-hydrogen) atoms. The van der Waals surface area contributed by atoms with E-state index in [0.29, 0.717) is 5.92 Å². The van der Waals surface area contributed by atoms with Crippen molar-refractivity contribution < 1.29 is 23.0 Å². The molecule has 2 rings (SSSR count). The number of hydrogen-bond donors (Lipinski definition) is 1. The Labute approximate surface area is 110 Å². The first-order valence-corrected chi connectivity index (χ1v) is 6.47. The Balaban J connectivity index is 1.75. The summed E-state index contributed by atoms with van der Waals surface area (Å²) >= 11 is 0. The zero-order chi connectivity index (χ0) is 13.9. The molecule has 0 saturated heterocycles. The Bertz CT molecular complexity index is 396. The Hall–Kier alpha value is -1.23. The minimum atomic E-state index is -4.64. The van der Waals surface area contributed by atoms with Crippen LogP contribution >= 0.6 is 0 Å². The van der Waals surface area contributed by atoms with Gasteiger partial charge in [-0.1, -0.05) is 12.1 Å². The average molecular weight is 274 g/mol. The fourth-order valence-corrected chi connectivity index (χ4v) is 2.09. The molecule has 1 atom stereocenters. The van der Waals surface area contributed by atoms with Crippen LogP contribution in [-0.4, -0.2) is 17.6 Å². The quantitative estimate of drug-likeness (QED) is 0.857. The smallest absolute Gasteiger partial charge is 0.406 e. The van der Waals surface area contributed by atoms with Gasteiger partial charge in [0.2, 0.25) is 0 Å². The van der Waals surface area contributed by atoms with Crippen molar-refractivity contribution in [1.29, 1.82) is 0 Å². The number of aryl methyl sites for hydroxylation is 1. The Morgan fingerprint density at radius 1 is 1.21 bits per heavy atom. The summed E-state index contributed by atoms with van der Waals surface area (Å²) in [5.41, 5.74) is 0.956. The lowest BCUT2D eigenvalue weighted by atomic mass is 10.0. The third-order valence-corrected chi connectivity index (χ3v) is 3.29. The molecule has 0 aliphatic heterocycles. The Kier molecular flexibility index (Phi) is 4.34. The number of aliphatic hydroxyl groups is 1. The van der Waals surface area contributed by atoms with E-state index >= 15 is 0 Å². The van der Waals surface area contributed by atoms with Crippen LogP contribution in [0.1, 0.15) is 31.2 Å². The molecule has 1 aromatic rings. The lowest BCUT2D eigenvalue weighted by molar-refractivity contribution is -0.274. The maximum absolute atomic E-state index is 12.0. The zero-order valence-electron chi connectivity index (χ0n) is 10.5. The van der Waals surface area contributed by atoms with E-state index in [1.165, 1.54) is 12.1 Å². The Morgan fingerprint density at radius 3 is 2.37 bits per heavy atom. The predicted octanol–water partition coefficient (Wildman–Crippen LogP) is 3.68. The minimum Gasteiger partial charge on any atom is -0.406 e. The molecule has 0 radical (unpaired) electrons. The molecule has 0 heterocycles. The van der Waals surface area contributed by atoms with Gasteiger partial charge in [-0.05, 0) is 55.7 Å². The maximum Gasteiger partial charge on any atom is 0.573 e. The van der Waals surface area contributed by atoms with Crippen LogP contribution in [0.4, 0.5) is 13.2 Å². The second-order valence-corrected chi connectivity index (χ2v) is 4.99. The second-order valence-electron chi connectivity index (χ2n) is 4.99. The monoisotopic (exact) mass is 274 g/mol. The SMILES string of the molecule is OC(CCCc1ccc(OC(F)(F)F)cc1)C1CC1. The van der Waals surface area contributed by atoms with E-state index in [-0.39, 0.29) is 11.9 Å². The number of benzene rings is 1. The molecule has 0 amide bonds. The first-order valence-electron chi connectivity index (χ1n) is 6.47. The van der Waals surface area contributed by atoms with Gasteiger partial charge in [0, 0.05) is 0 Å². The highest BCUT2D eigenvalue weighted by Gasteiger charge is 2.31. The van der Waals surface area contributed by atoms with Gasteiger partial charge in [-0.25, -0.2) is 0 Å². The van der Waals surface area contributed by atoms with Gasteiger partial charge in [-0.15, -0.1) is 13.2 Å². The first-order chi connectivity index (χ1) is 8.94. The van der Waals surface area contributed by atoms with Gasteiger partial charge in [-0.2, -0.15) is 0 Å². The van der Waals surface area contributed by atoms with Crippen LogP contribution in [0.2, 0.25) is 0 Å². The second kappa shape index (κ2) is 5.82. The molecule has 1 fully saturated rings. The third-order valence-electron chi connectivity index (χ3n) is 3.29. The molecule has 1 N–H and O–H groups in total. The van der Waals surface area contributed by atoms with E-state index in [0.717, 1.165) is 37.7 Å². The third kappa shape index (κ3) is 5.11. The van der Waals surface area contributed by atoms with Crippen molar-refractivity contribution in [2.24, 2.45) is 5.92 Å². The van der Waals surface area contributed by atoms with E-state index in [1.54, 1.807) is 12.1 Å². The standard InChI is InChI=1S/C14H17F3O2/c15-14(16,17)19-12-8-4-10(5-9-12)2-1-3-13(18)11-6-7-11/h4-5,8-9,11,13,18H,1-3,6-7H2. The summed E-state index contributed by atoms with van der Waals surface area (Å²) in [5, 5.41) is 9.69. The molecule has 0 bridgehead atoms. The van der Waals surface area contributed by atoms with Gasteiger partial charge < -0.3 is 9.84 Å². The summed E-state index contributed by atoms with van der Waals surface area (Å²) in [6.07, 6.45) is -0.267. The number of alkyl halides is 3. The van der Waals surface area contributed by atoms with Crippen molar-refractivity contribution in [3.63, 3.8) is 0 Å². The van der Waals surface area contributed by atoms with Crippen LogP contribution in [0.25, 0.3) is 0 Å². The molecule has 2 nitrogen and oxygen atoms in total. The molecule has 0 aromatic heterocycles. The topological polar surface area (TPSA) is 29.5 Å². The van der Waals surface area contributed by atoms with Crippen molar-refractivity contribution in [3.05, 3.63) is 29.8 Å². The van der Waals surface area contributed by atoms with Gasteiger partial charge in [-0.3, -0.25) is 0 Å². The van der Waals surface area contributed by atoms with Crippen molar-refractivity contribution in [2.45, 2.75) is 44.6 Å². The zero-order valence-corrected chi connectivity index (χ0v) is 10.5. The summed E-state index contributed by atoms with van der Waals surface area (Å²) in [4.78, 5) is 0. The van der Waals surface area contributed by atoms with E-state index in [1.807, 2.05) is 0 Å². The van der Waals surface area contributed by atoms with E-state index in [4.69, 9.17) is 0 Å². The Morgan fingerprint density at radius 2 is 1.84 bits per heavy atom. The molecule has 1 aromatic carbocycles. The predicted molar refractivity (Wildman–Crippen MR) is 64.8 cm³/mol. The summed E-state index contributed by atoms with van der Waals surface area (Å²) in [6.45, 7) is 0. The summed E-state index contributed by atoms with van der Waals surface area (Å²) in [6, 6.07) is 5.90. The lowest BCUT2D eigenvalue weighted by Crippen LogP contribution is -2.17. The number of hydrogen-bond acceptors (Lipinski definition) is 2. The molecule has 1 aliphatic carbocycles. The summed E-state index contributed by atoms with van der Waals surface area (Å²) in [5.74, 6) is 0.275. The van der Waals surface area contributed by atoms with Crippen molar-refractivity contribution in [1.82, 2.24) is 0 Å². The van der Waals surface area contributed by atoms with Gasteiger partial charge >= 0.3 is 6.36 Å².